The molecule has 1 aromatic heterocycles. The largest absolute Gasteiger partial charge is 0.338 e. The minimum absolute atomic E-state index is 0.109. The van der Waals surface area contributed by atoms with E-state index in [9.17, 15) is 0 Å². The Morgan fingerprint density at radius 1 is 1.26 bits per heavy atom. The maximum Gasteiger partial charge on any atom is 0.243 e. The Labute approximate surface area is 119 Å². The van der Waals surface area contributed by atoms with Crippen LogP contribution in [0.1, 0.15) is 75.0 Å². The third-order valence-corrected chi connectivity index (χ3v) is 4.52. The predicted molar refractivity (Wildman–Crippen MR) is 79.3 cm³/mol. The third-order valence-electron chi connectivity index (χ3n) is 3.88. The van der Waals surface area contributed by atoms with Crippen LogP contribution in [0.4, 0.5) is 0 Å². The van der Waals surface area contributed by atoms with E-state index in [1.165, 1.54) is 44.9 Å². The molecule has 1 heterocycles. The van der Waals surface area contributed by atoms with E-state index >= 15 is 0 Å². The van der Waals surface area contributed by atoms with Crippen molar-refractivity contribution >= 4 is 11.8 Å². The normalized spacial score (nSPS) is 19.9. The molecule has 0 aromatic carbocycles. The highest BCUT2D eigenvalue weighted by Gasteiger charge is 2.21. The van der Waals surface area contributed by atoms with Gasteiger partial charge in [-0.25, -0.2) is 0 Å². The Hall–Kier alpha value is -0.550. The Morgan fingerprint density at radius 2 is 1.95 bits per heavy atom. The number of nitrogens with two attached hydrogens (primary N) is 1. The van der Waals surface area contributed by atoms with Crippen LogP contribution in [-0.2, 0) is 0 Å². The second kappa shape index (κ2) is 7.90. The first-order chi connectivity index (χ1) is 9.31. The van der Waals surface area contributed by atoms with E-state index in [-0.39, 0.29) is 6.04 Å². The van der Waals surface area contributed by atoms with Crippen LogP contribution < -0.4 is 5.73 Å². The van der Waals surface area contributed by atoms with Crippen LogP contribution in [0.2, 0.25) is 0 Å². The maximum atomic E-state index is 6.07. The van der Waals surface area contributed by atoms with Gasteiger partial charge in [0.2, 0.25) is 5.89 Å². The lowest BCUT2D eigenvalue weighted by molar-refractivity contribution is 0.342. The molecule has 1 aromatic rings. The topological polar surface area (TPSA) is 64.9 Å². The minimum Gasteiger partial charge on any atom is -0.338 e. The average molecular weight is 283 g/mol. The third kappa shape index (κ3) is 4.49. The van der Waals surface area contributed by atoms with Crippen molar-refractivity contribution in [1.29, 1.82) is 0 Å². The molecule has 5 heteroatoms. The van der Waals surface area contributed by atoms with Gasteiger partial charge in [-0.2, -0.15) is 16.7 Å². The fourth-order valence-corrected chi connectivity index (χ4v) is 3.14. The van der Waals surface area contributed by atoms with Crippen molar-refractivity contribution in [3.63, 3.8) is 0 Å². The molecule has 0 bridgehead atoms. The summed E-state index contributed by atoms with van der Waals surface area (Å²) < 4.78 is 5.35. The van der Waals surface area contributed by atoms with Gasteiger partial charge in [0.15, 0.2) is 5.82 Å². The molecule has 1 atom stereocenters. The average Bonchev–Trinajstić information content (AvgIpc) is 2.85. The monoisotopic (exact) mass is 283 g/mol. The summed E-state index contributed by atoms with van der Waals surface area (Å²) >= 11 is 1.79. The lowest BCUT2D eigenvalue weighted by Gasteiger charge is -2.15. The summed E-state index contributed by atoms with van der Waals surface area (Å²) in [4.78, 5) is 4.55. The molecule has 2 N–H and O–H groups in total. The highest BCUT2D eigenvalue weighted by atomic mass is 32.2. The fraction of sp³-hybridized carbons (Fsp3) is 0.857. The Balaban J connectivity index is 1.94. The van der Waals surface area contributed by atoms with Crippen molar-refractivity contribution in [3.8, 4) is 0 Å². The summed E-state index contributed by atoms with van der Waals surface area (Å²) in [6, 6.07) is -0.109. The lowest BCUT2D eigenvalue weighted by atomic mass is 9.91. The molecular formula is C14H25N3OS. The van der Waals surface area contributed by atoms with E-state index < -0.39 is 0 Å². The first kappa shape index (κ1) is 14.9. The molecule has 0 saturated heterocycles. The van der Waals surface area contributed by atoms with E-state index in [1.54, 1.807) is 11.8 Å². The summed E-state index contributed by atoms with van der Waals surface area (Å²) in [5.41, 5.74) is 6.07. The molecule has 1 fully saturated rings. The zero-order chi connectivity index (χ0) is 13.5. The van der Waals surface area contributed by atoms with Crippen LogP contribution in [-0.4, -0.2) is 22.1 Å². The van der Waals surface area contributed by atoms with Crippen molar-refractivity contribution in [2.75, 3.05) is 12.0 Å². The fourth-order valence-electron chi connectivity index (χ4n) is 2.65. The number of nitrogens with zero attached hydrogens (tertiary/aromatic N) is 2. The van der Waals surface area contributed by atoms with Gasteiger partial charge in [0.25, 0.3) is 0 Å². The Bertz CT molecular complexity index is 361. The van der Waals surface area contributed by atoms with E-state index in [0.29, 0.717) is 11.8 Å². The summed E-state index contributed by atoms with van der Waals surface area (Å²) in [5, 5.41) is 4.17. The molecule has 19 heavy (non-hydrogen) atoms. The molecule has 1 aliphatic rings. The molecule has 2 rings (SSSR count). The summed E-state index contributed by atoms with van der Waals surface area (Å²) in [6.07, 6.45) is 12.0. The minimum atomic E-state index is -0.109. The van der Waals surface area contributed by atoms with Gasteiger partial charge in [-0.3, -0.25) is 0 Å². The van der Waals surface area contributed by atoms with E-state index in [0.717, 1.165) is 18.0 Å². The van der Waals surface area contributed by atoms with Crippen LogP contribution in [0.15, 0.2) is 4.52 Å². The van der Waals surface area contributed by atoms with Crippen LogP contribution in [0.5, 0.6) is 0 Å². The molecule has 0 spiro atoms. The van der Waals surface area contributed by atoms with Crippen LogP contribution >= 0.6 is 11.8 Å². The van der Waals surface area contributed by atoms with E-state index in [2.05, 4.69) is 16.4 Å². The van der Waals surface area contributed by atoms with Crippen molar-refractivity contribution in [2.24, 2.45) is 5.73 Å². The van der Waals surface area contributed by atoms with Crippen molar-refractivity contribution in [2.45, 2.75) is 63.3 Å². The summed E-state index contributed by atoms with van der Waals surface area (Å²) in [6.45, 7) is 0. The quantitative estimate of drug-likeness (QED) is 0.893. The molecule has 0 radical (unpaired) electrons. The maximum absolute atomic E-state index is 6.07. The molecule has 1 saturated carbocycles. The number of thioether (sulfide) groups is 1. The molecule has 1 aliphatic carbocycles. The van der Waals surface area contributed by atoms with E-state index in [1.807, 2.05) is 0 Å². The summed E-state index contributed by atoms with van der Waals surface area (Å²) in [7, 11) is 0. The Morgan fingerprint density at radius 3 is 2.63 bits per heavy atom. The number of rotatable bonds is 5. The Kier molecular flexibility index (Phi) is 6.17. The first-order valence-electron chi connectivity index (χ1n) is 7.39. The molecule has 0 aliphatic heterocycles. The highest BCUT2D eigenvalue weighted by molar-refractivity contribution is 7.98. The second-order valence-corrected chi connectivity index (χ2v) is 6.41. The van der Waals surface area contributed by atoms with Crippen molar-refractivity contribution < 1.29 is 4.52 Å². The van der Waals surface area contributed by atoms with Gasteiger partial charge in [0.1, 0.15) is 0 Å². The zero-order valence-electron chi connectivity index (χ0n) is 11.8. The number of hydrogen-bond donors (Lipinski definition) is 1. The SMILES string of the molecule is CSCC[C@H](N)c1nc(C2CCCCCCC2)no1. The molecule has 4 nitrogen and oxygen atoms in total. The van der Waals surface area contributed by atoms with Gasteiger partial charge >= 0.3 is 0 Å². The summed E-state index contributed by atoms with van der Waals surface area (Å²) in [5.74, 6) is 3.01. The van der Waals surface area contributed by atoms with Crippen LogP contribution in [0.3, 0.4) is 0 Å². The molecule has 0 unspecified atom stereocenters. The zero-order valence-corrected chi connectivity index (χ0v) is 12.6. The van der Waals surface area contributed by atoms with Crippen LogP contribution in [0.25, 0.3) is 0 Å². The molecular weight excluding hydrogens is 258 g/mol. The van der Waals surface area contributed by atoms with Gasteiger partial charge in [-0.05, 0) is 31.3 Å². The second-order valence-electron chi connectivity index (χ2n) is 5.42. The predicted octanol–water partition coefficient (Wildman–Crippen LogP) is 3.65. The van der Waals surface area contributed by atoms with Gasteiger partial charge in [0, 0.05) is 5.92 Å². The first-order valence-corrected chi connectivity index (χ1v) is 8.78. The van der Waals surface area contributed by atoms with Crippen molar-refractivity contribution in [3.05, 3.63) is 11.7 Å². The van der Waals surface area contributed by atoms with Gasteiger partial charge in [-0.1, -0.05) is 37.3 Å². The van der Waals surface area contributed by atoms with Crippen molar-refractivity contribution in [1.82, 2.24) is 10.1 Å². The standard InChI is InChI=1S/C14H25N3OS/c1-19-10-9-12(15)14-16-13(17-18-14)11-7-5-3-2-4-6-8-11/h11-12H,2-10,15H2,1H3/t12-/m0/s1. The van der Waals surface area contributed by atoms with E-state index in [4.69, 9.17) is 10.3 Å². The smallest absolute Gasteiger partial charge is 0.243 e. The van der Waals surface area contributed by atoms with Gasteiger partial charge < -0.3 is 10.3 Å². The highest BCUT2D eigenvalue weighted by Crippen LogP contribution is 2.29. The van der Waals surface area contributed by atoms with Gasteiger partial charge in [0.05, 0.1) is 6.04 Å². The lowest BCUT2D eigenvalue weighted by Crippen LogP contribution is -2.12. The molecule has 108 valence electrons. The van der Waals surface area contributed by atoms with Gasteiger partial charge in [-0.15, -0.1) is 0 Å². The van der Waals surface area contributed by atoms with Crippen LogP contribution in [0, 0.1) is 0 Å². The number of aromatic nitrogens is 2. The number of hydrogen-bond acceptors (Lipinski definition) is 5. The molecule has 0 amide bonds.